The topological polar surface area (TPSA) is 86.8 Å². The monoisotopic (exact) mass is 401 g/mol. The first-order valence-corrected chi connectivity index (χ1v) is 10.9. The number of sulfonamides is 1. The van der Waals surface area contributed by atoms with Gasteiger partial charge < -0.3 is 10.2 Å². The summed E-state index contributed by atoms with van der Waals surface area (Å²) >= 11 is 0. The van der Waals surface area contributed by atoms with Crippen molar-refractivity contribution in [1.29, 1.82) is 0 Å². The number of piperazine rings is 1. The van der Waals surface area contributed by atoms with Gasteiger partial charge in [-0.15, -0.1) is 0 Å². The normalized spacial score (nSPS) is 23.1. The van der Waals surface area contributed by atoms with Crippen molar-refractivity contribution in [2.24, 2.45) is 0 Å². The third kappa shape index (κ3) is 2.97. The lowest BCUT2D eigenvalue weighted by atomic mass is 10.1. The highest BCUT2D eigenvalue weighted by molar-refractivity contribution is 7.89. The summed E-state index contributed by atoms with van der Waals surface area (Å²) in [5, 5.41) is 3.92. The summed E-state index contributed by atoms with van der Waals surface area (Å²) in [6.07, 6.45) is 1.73. The summed E-state index contributed by atoms with van der Waals surface area (Å²) in [5.74, 6) is -0.353. The largest absolute Gasteiger partial charge is 0.337 e. The van der Waals surface area contributed by atoms with Crippen molar-refractivity contribution in [2.45, 2.75) is 43.7 Å². The van der Waals surface area contributed by atoms with E-state index in [2.05, 4.69) is 5.32 Å². The molecule has 7 nitrogen and oxygen atoms in total. The van der Waals surface area contributed by atoms with Crippen molar-refractivity contribution in [3.8, 4) is 0 Å². The number of rotatable bonds is 3. The molecule has 0 aromatic heterocycles. The van der Waals surface area contributed by atoms with Crippen molar-refractivity contribution < 1.29 is 18.0 Å². The van der Waals surface area contributed by atoms with Crippen LogP contribution in [0, 0.1) is 0 Å². The minimum absolute atomic E-state index is 0.0524. The number of hydrogen-bond acceptors (Lipinski definition) is 4. The number of carbonyl (C=O) groups is 2. The summed E-state index contributed by atoms with van der Waals surface area (Å²) in [5.41, 5.74) is 0.562. The van der Waals surface area contributed by atoms with Gasteiger partial charge in [-0.2, -0.15) is 4.31 Å². The van der Waals surface area contributed by atoms with Crippen LogP contribution in [0.4, 0.5) is 5.69 Å². The van der Waals surface area contributed by atoms with E-state index in [1.54, 1.807) is 37.3 Å². The van der Waals surface area contributed by atoms with Crippen LogP contribution in [0.3, 0.4) is 0 Å². The highest BCUT2D eigenvalue weighted by Gasteiger charge is 2.45. The number of carbonyl (C=O) groups excluding carboxylic acids is 2. The molecule has 2 saturated heterocycles. The summed E-state index contributed by atoms with van der Waals surface area (Å²) in [4.78, 5) is 26.2. The summed E-state index contributed by atoms with van der Waals surface area (Å²) < 4.78 is 28.4. The summed E-state index contributed by atoms with van der Waals surface area (Å²) in [6.45, 7) is 4.09. The lowest BCUT2D eigenvalue weighted by Gasteiger charge is -2.40. The molecule has 2 heterocycles. The zero-order chi connectivity index (χ0) is 20.1. The van der Waals surface area contributed by atoms with Gasteiger partial charge in [0.05, 0.1) is 4.90 Å². The van der Waals surface area contributed by atoms with E-state index in [-0.39, 0.29) is 22.8 Å². The predicted molar refractivity (Wildman–Crippen MR) is 106 cm³/mol. The third-order valence-corrected chi connectivity index (χ3v) is 7.62. The second kappa shape index (κ2) is 6.86. The molecule has 2 amide bonds. The van der Waals surface area contributed by atoms with Crippen molar-refractivity contribution >= 4 is 38.3 Å². The van der Waals surface area contributed by atoms with E-state index in [0.29, 0.717) is 29.5 Å². The maximum atomic E-state index is 13.5. The highest BCUT2D eigenvalue weighted by Crippen LogP contribution is 2.34. The van der Waals surface area contributed by atoms with Crippen molar-refractivity contribution in [1.82, 2.24) is 9.21 Å². The number of hydrogen-bond donors (Lipinski definition) is 1. The Morgan fingerprint density at radius 2 is 1.86 bits per heavy atom. The van der Waals surface area contributed by atoms with Gasteiger partial charge in [-0.1, -0.05) is 24.3 Å². The fourth-order valence-corrected chi connectivity index (χ4v) is 6.10. The summed E-state index contributed by atoms with van der Waals surface area (Å²) in [6, 6.07) is 9.41. The minimum Gasteiger partial charge on any atom is -0.337 e. The number of fused-ring (bicyclic) bond motifs is 2. The van der Waals surface area contributed by atoms with E-state index in [1.807, 2.05) is 4.90 Å². The van der Waals surface area contributed by atoms with Crippen molar-refractivity contribution in [3.63, 3.8) is 0 Å². The maximum Gasteiger partial charge on any atom is 0.244 e. The van der Waals surface area contributed by atoms with Crippen LogP contribution < -0.4 is 5.32 Å². The molecule has 2 aromatic rings. The number of benzene rings is 2. The highest BCUT2D eigenvalue weighted by atomic mass is 32.2. The van der Waals surface area contributed by atoms with Crippen molar-refractivity contribution in [2.75, 3.05) is 18.4 Å². The molecule has 4 rings (SSSR count). The van der Waals surface area contributed by atoms with Gasteiger partial charge >= 0.3 is 0 Å². The Bertz CT molecular complexity index is 1070. The van der Waals surface area contributed by atoms with Gasteiger partial charge in [-0.3, -0.25) is 9.59 Å². The Morgan fingerprint density at radius 1 is 1.14 bits per heavy atom. The number of amides is 2. The smallest absolute Gasteiger partial charge is 0.244 e. The molecule has 1 N–H and O–H groups in total. The quantitative estimate of drug-likeness (QED) is 0.854. The summed E-state index contributed by atoms with van der Waals surface area (Å²) in [7, 11) is -3.88. The molecule has 0 radical (unpaired) electrons. The molecule has 0 unspecified atom stereocenters. The fraction of sp³-hybridized carbons (Fsp3) is 0.400. The Hall–Kier alpha value is -2.45. The van der Waals surface area contributed by atoms with Crippen LogP contribution in [0.15, 0.2) is 41.3 Å². The average molecular weight is 401 g/mol. The van der Waals surface area contributed by atoms with E-state index in [0.717, 1.165) is 12.8 Å². The first-order valence-electron chi connectivity index (χ1n) is 9.42. The molecule has 0 bridgehead atoms. The fourth-order valence-electron chi connectivity index (χ4n) is 4.27. The van der Waals surface area contributed by atoms with Gasteiger partial charge in [0.1, 0.15) is 6.04 Å². The second-order valence-electron chi connectivity index (χ2n) is 7.42. The standard InChI is InChI=1S/C20H23N3O4S/c1-13-20(25)22-11-5-6-15(22)12-23(13)28(26,27)19-10-9-18(21-14(2)24)16-7-3-4-8-17(16)19/h3-4,7-10,13,15H,5-6,11-12H2,1-2H3,(H,21,24)/t13-,15+/m1/s1. The molecular formula is C20H23N3O4S. The lowest BCUT2D eigenvalue weighted by molar-refractivity contribution is -0.139. The molecule has 2 aliphatic heterocycles. The molecule has 2 atom stereocenters. The lowest BCUT2D eigenvalue weighted by Crippen LogP contribution is -2.59. The molecule has 0 saturated carbocycles. The average Bonchev–Trinajstić information content (AvgIpc) is 3.13. The second-order valence-corrected chi connectivity index (χ2v) is 9.28. The van der Waals surface area contributed by atoms with E-state index in [9.17, 15) is 18.0 Å². The third-order valence-electron chi connectivity index (χ3n) is 5.62. The van der Waals surface area contributed by atoms with Crippen molar-refractivity contribution in [3.05, 3.63) is 36.4 Å². The zero-order valence-electron chi connectivity index (χ0n) is 15.9. The number of anilines is 1. The molecule has 2 aromatic carbocycles. The van der Waals surface area contributed by atoms with Crippen LogP contribution in [-0.4, -0.2) is 54.6 Å². The Kier molecular flexibility index (Phi) is 4.63. The Balaban J connectivity index is 1.81. The minimum atomic E-state index is -3.88. The Morgan fingerprint density at radius 3 is 2.57 bits per heavy atom. The predicted octanol–water partition coefficient (Wildman–Crippen LogP) is 2.18. The van der Waals surface area contributed by atoms with E-state index < -0.39 is 16.1 Å². The molecule has 28 heavy (non-hydrogen) atoms. The van der Waals surface area contributed by atoms with E-state index in [1.165, 1.54) is 17.3 Å². The maximum absolute atomic E-state index is 13.5. The van der Waals surface area contributed by atoms with Gasteiger partial charge in [-0.25, -0.2) is 8.42 Å². The molecule has 148 valence electrons. The molecule has 2 fully saturated rings. The van der Waals surface area contributed by atoms with E-state index >= 15 is 0 Å². The van der Waals surface area contributed by atoms with Gasteiger partial charge in [0.2, 0.25) is 21.8 Å². The first-order chi connectivity index (χ1) is 13.3. The number of nitrogens with one attached hydrogen (secondary N) is 1. The van der Waals surface area contributed by atoms with Crippen LogP contribution in [0.2, 0.25) is 0 Å². The van der Waals surface area contributed by atoms with Crippen LogP contribution >= 0.6 is 0 Å². The molecule has 0 aliphatic carbocycles. The molecular weight excluding hydrogens is 378 g/mol. The molecule has 2 aliphatic rings. The molecule has 8 heteroatoms. The van der Waals surface area contributed by atoms with Gasteiger partial charge in [0, 0.05) is 42.5 Å². The van der Waals surface area contributed by atoms with Crippen LogP contribution in [-0.2, 0) is 19.6 Å². The Labute approximate surface area is 164 Å². The van der Waals surface area contributed by atoms with Gasteiger partial charge in [-0.05, 0) is 31.9 Å². The van der Waals surface area contributed by atoms with Crippen LogP contribution in [0.25, 0.3) is 10.8 Å². The van der Waals surface area contributed by atoms with Crippen LogP contribution in [0.5, 0.6) is 0 Å². The first kappa shape index (κ1) is 18.9. The van der Waals surface area contributed by atoms with E-state index in [4.69, 9.17) is 0 Å². The number of nitrogens with zero attached hydrogens (tertiary/aromatic N) is 2. The SMILES string of the molecule is CC(=O)Nc1ccc(S(=O)(=O)N2C[C@@H]3CCCN3C(=O)[C@H]2C)c2ccccc12. The van der Waals surface area contributed by atoms with Gasteiger partial charge in [0.25, 0.3) is 0 Å². The zero-order valence-corrected chi connectivity index (χ0v) is 16.7. The van der Waals surface area contributed by atoms with Gasteiger partial charge in [0.15, 0.2) is 0 Å². The van der Waals surface area contributed by atoms with Crippen LogP contribution in [0.1, 0.15) is 26.7 Å². The molecule has 0 spiro atoms.